The lowest BCUT2D eigenvalue weighted by atomic mass is 10.1. The first kappa shape index (κ1) is 12.1. The molecule has 0 aliphatic carbocycles. The fourth-order valence-corrected chi connectivity index (χ4v) is 1.17. The van der Waals surface area contributed by atoms with Crippen LogP contribution in [0.15, 0.2) is 24.3 Å². The van der Waals surface area contributed by atoms with E-state index in [0.717, 1.165) is 11.1 Å². The summed E-state index contributed by atoms with van der Waals surface area (Å²) in [7, 11) is 1.57. The molecule has 0 unspecified atom stereocenters. The quantitative estimate of drug-likeness (QED) is 0.631. The smallest absolute Gasteiger partial charge is 0.314 e. The maximum Gasteiger partial charge on any atom is 0.314 e. The topological polar surface area (TPSA) is 61.4 Å². The van der Waals surface area contributed by atoms with Gasteiger partial charge in [0.2, 0.25) is 0 Å². The molecule has 1 aromatic carbocycles. The molecule has 84 valence electrons. The van der Waals surface area contributed by atoms with E-state index in [0.29, 0.717) is 6.54 Å². The molecule has 0 saturated carbocycles. The summed E-state index contributed by atoms with van der Waals surface area (Å²) < 4.78 is 0. The second-order valence-corrected chi connectivity index (χ2v) is 3.09. The number of carbonyl (C=O) groups is 1. The van der Waals surface area contributed by atoms with Crippen LogP contribution in [-0.2, 0) is 6.54 Å². The average Bonchev–Trinajstić information content (AvgIpc) is 2.34. The Morgan fingerprint density at radius 2 is 2.31 bits per heavy atom. The Labute approximate surface area is 94.7 Å². The van der Waals surface area contributed by atoms with E-state index in [2.05, 4.69) is 22.5 Å². The fourth-order valence-electron chi connectivity index (χ4n) is 1.17. The van der Waals surface area contributed by atoms with Gasteiger partial charge in [-0.15, -0.1) is 0 Å². The van der Waals surface area contributed by atoms with Crippen molar-refractivity contribution in [3.05, 3.63) is 35.4 Å². The van der Waals surface area contributed by atoms with E-state index < -0.39 is 0 Å². The lowest BCUT2D eigenvalue weighted by molar-refractivity contribution is 0.242. The largest absolute Gasteiger partial charge is 0.384 e. The molecule has 0 heterocycles. The third-order valence-corrected chi connectivity index (χ3v) is 1.92. The zero-order valence-electron chi connectivity index (χ0n) is 9.08. The van der Waals surface area contributed by atoms with E-state index in [1.54, 1.807) is 7.05 Å². The van der Waals surface area contributed by atoms with E-state index in [1.165, 1.54) is 0 Å². The van der Waals surface area contributed by atoms with Crippen molar-refractivity contribution in [1.82, 2.24) is 10.6 Å². The van der Waals surface area contributed by atoms with Crippen LogP contribution < -0.4 is 10.6 Å². The van der Waals surface area contributed by atoms with Gasteiger partial charge in [-0.1, -0.05) is 24.0 Å². The van der Waals surface area contributed by atoms with E-state index in [4.69, 9.17) is 5.11 Å². The van der Waals surface area contributed by atoms with Gasteiger partial charge in [-0.25, -0.2) is 4.79 Å². The van der Waals surface area contributed by atoms with Gasteiger partial charge >= 0.3 is 6.03 Å². The monoisotopic (exact) mass is 218 g/mol. The summed E-state index contributed by atoms with van der Waals surface area (Å²) in [6.45, 7) is 0.301. The summed E-state index contributed by atoms with van der Waals surface area (Å²) in [5, 5.41) is 13.7. The second kappa shape index (κ2) is 6.49. The van der Waals surface area contributed by atoms with Gasteiger partial charge in [-0.05, 0) is 17.7 Å². The maximum atomic E-state index is 11.0. The normalized spacial score (nSPS) is 8.88. The fraction of sp³-hybridized carbons (Fsp3) is 0.250. The SMILES string of the molecule is CNC(=O)NCc1cccc(C#CCO)c1. The van der Waals surface area contributed by atoms with Crippen molar-refractivity contribution in [2.45, 2.75) is 6.54 Å². The van der Waals surface area contributed by atoms with Crippen LogP contribution in [-0.4, -0.2) is 24.8 Å². The van der Waals surface area contributed by atoms with Crippen molar-refractivity contribution < 1.29 is 9.90 Å². The predicted molar refractivity (Wildman–Crippen MR) is 61.7 cm³/mol. The van der Waals surface area contributed by atoms with Crippen molar-refractivity contribution in [2.75, 3.05) is 13.7 Å². The lowest BCUT2D eigenvalue weighted by Crippen LogP contribution is -2.32. The van der Waals surface area contributed by atoms with Crippen LogP contribution in [0.25, 0.3) is 0 Å². The maximum absolute atomic E-state index is 11.0. The van der Waals surface area contributed by atoms with Gasteiger partial charge in [0.15, 0.2) is 0 Å². The van der Waals surface area contributed by atoms with Gasteiger partial charge in [0.1, 0.15) is 6.61 Å². The first-order valence-electron chi connectivity index (χ1n) is 4.90. The Hall–Kier alpha value is -1.99. The van der Waals surface area contributed by atoms with Gasteiger partial charge < -0.3 is 15.7 Å². The van der Waals surface area contributed by atoms with Gasteiger partial charge in [0.05, 0.1) is 0 Å². The Morgan fingerprint density at radius 3 is 3.00 bits per heavy atom. The third kappa shape index (κ3) is 4.03. The minimum atomic E-state index is -0.216. The van der Waals surface area contributed by atoms with Crippen LogP contribution >= 0.6 is 0 Å². The number of benzene rings is 1. The molecule has 4 heteroatoms. The molecule has 0 aliphatic heterocycles. The molecule has 0 atom stereocenters. The Bertz CT molecular complexity index is 419. The average molecular weight is 218 g/mol. The molecule has 16 heavy (non-hydrogen) atoms. The van der Waals surface area contributed by atoms with Crippen LogP contribution in [0.1, 0.15) is 11.1 Å². The number of urea groups is 1. The highest BCUT2D eigenvalue weighted by Gasteiger charge is 1.97. The van der Waals surface area contributed by atoms with Gasteiger partial charge in [-0.2, -0.15) is 0 Å². The molecule has 0 saturated heterocycles. The molecular formula is C12H14N2O2. The highest BCUT2D eigenvalue weighted by atomic mass is 16.2. The van der Waals surface area contributed by atoms with Crippen molar-refractivity contribution in [1.29, 1.82) is 0 Å². The minimum absolute atomic E-state index is 0.152. The molecule has 0 bridgehead atoms. The number of carbonyl (C=O) groups excluding carboxylic acids is 1. The number of hydrogen-bond acceptors (Lipinski definition) is 2. The summed E-state index contributed by atoms with van der Waals surface area (Å²) >= 11 is 0. The molecule has 0 aromatic heterocycles. The molecule has 0 radical (unpaired) electrons. The molecule has 3 N–H and O–H groups in total. The number of amides is 2. The second-order valence-electron chi connectivity index (χ2n) is 3.09. The van der Waals surface area contributed by atoms with Gasteiger partial charge in [-0.3, -0.25) is 0 Å². The number of nitrogens with one attached hydrogen (secondary N) is 2. The van der Waals surface area contributed by atoms with Crippen LogP contribution in [0.5, 0.6) is 0 Å². The zero-order chi connectivity index (χ0) is 11.8. The molecule has 0 spiro atoms. The summed E-state index contributed by atoms with van der Waals surface area (Å²) in [6.07, 6.45) is 0. The number of rotatable bonds is 2. The molecule has 0 fully saturated rings. The van der Waals surface area contributed by atoms with Crippen molar-refractivity contribution in [2.24, 2.45) is 0 Å². The van der Waals surface area contributed by atoms with Crippen LogP contribution in [0.3, 0.4) is 0 Å². The molecule has 4 nitrogen and oxygen atoms in total. The minimum Gasteiger partial charge on any atom is -0.384 e. The third-order valence-electron chi connectivity index (χ3n) is 1.92. The van der Waals surface area contributed by atoms with Crippen LogP contribution in [0, 0.1) is 11.8 Å². The van der Waals surface area contributed by atoms with E-state index in [1.807, 2.05) is 24.3 Å². The summed E-state index contributed by atoms with van der Waals surface area (Å²) in [6, 6.07) is 7.28. The van der Waals surface area contributed by atoms with Gasteiger partial charge in [0, 0.05) is 19.2 Å². The first-order chi connectivity index (χ1) is 7.76. The Morgan fingerprint density at radius 1 is 1.50 bits per heavy atom. The van der Waals surface area contributed by atoms with E-state index in [-0.39, 0.29) is 12.6 Å². The predicted octanol–water partition coefficient (Wildman–Crippen LogP) is 0.459. The van der Waals surface area contributed by atoms with Crippen LogP contribution in [0.4, 0.5) is 4.79 Å². The standard InChI is InChI=1S/C12H14N2O2/c1-13-12(16)14-9-11-5-2-4-10(8-11)6-3-7-15/h2,4-5,8,15H,7,9H2,1H3,(H2,13,14,16). The number of hydrogen-bond donors (Lipinski definition) is 3. The zero-order valence-corrected chi connectivity index (χ0v) is 9.08. The summed E-state index contributed by atoms with van der Waals surface area (Å²) in [4.78, 5) is 11.0. The van der Waals surface area contributed by atoms with Crippen molar-refractivity contribution in [3.63, 3.8) is 0 Å². The number of aliphatic hydroxyl groups excluding tert-OH is 1. The summed E-state index contributed by atoms with van der Waals surface area (Å²) in [5.74, 6) is 5.38. The highest BCUT2D eigenvalue weighted by Crippen LogP contribution is 2.03. The highest BCUT2D eigenvalue weighted by molar-refractivity contribution is 5.73. The van der Waals surface area contributed by atoms with Gasteiger partial charge in [0.25, 0.3) is 0 Å². The van der Waals surface area contributed by atoms with E-state index >= 15 is 0 Å². The van der Waals surface area contributed by atoms with Crippen LogP contribution in [0.2, 0.25) is 0 Å². The molecule has 2 amide bonds. The first-order valence-corrected chi connectivity index (χ1v) is 4.90. The molecule has 1 rings (SSSR count). The molecule has 0 aliphatic rings. The number of aliphatic hydroxyl groups is 1. The Kier molecular flexibility index (Phi) is 4.90. The summed E-state index contributed by atoms with van der Waals surface area (Å²) in [5.41, 5.74) is 1.79. The van der Waals surface area contributed by atoms with Crippen molar-refractivity contribution >= 4 is 6.03 Å². The molecular weight excluding hydrogens is 204 g/mol. The lowest BCUT2D eigenvalue weighted by Gasteiger charge is -2.04. The Balaban J connectivity index is 2.64. The van der Waals surface area contributed by atoms with Crippen molar-refractivity contribution in [3.8, 4) is 11.8 Å². The molecule has 1 aromatic rings. The van der Waals surface area contributed by atoms with E-state index in [9.17, 15) is 4.79 Å².